The zero-order valence-corrected chi connectivity index (χ0v) is 15.1. The third kappa shape index (κ3) is 3.66. The van der Waals surface area contributed by atoms with Crippen molar-refractivity contribution in [1.82, 2.24) is 4.57 Å². The van der Waals surface area contributed by atoms with Crippen LogP contribution < -0.4 is 10.3 Å². The molecule has 3 rings (SSSR count). The van der Waals surface area contributed by atoms with Gasteiger partial charge in [-0.3, -0.25) is 4.79 Å². The minimum absolute atomic E-state index is 0.0382. The summed E-state index contributed by atoms with van der Waals surface area (Å²) in [4.78, 5) is 14.0. The second-order valence-electron chi connectivity index (χ2n) is 6.16. The number of anilines is 1. The highest BCUT2D eigenvalue weighted by Crippen LogP contribution is 2.25. The lowest BCUT2D eigenvalue weighted by molar-refractivity contribution is 0.866. The van der Waals surface area contributed by atoms with Gasteiger partial charge in [-0.15, -0.1) is 0 Å². The highest BCUT2D eigenvalue weighted by molar-refractivity contribution is 5.80. The minimum atomic E-state index is 0.0382. The molecular formula is C22H24N2O. The molecule has 0 unspecified atom stereocenters. The lowest BCUT2D eigenvalue weighted by Crippen LogP contribution is -2.21. The summed E-state index contributed by atoms with van der Waals surface area (Å²) in [7, 11) is 1.96. The molecular weight excluding hydrogens is 308 g/mol. The van der Waals surface area contributed by atoms with E-state index in [0.717, 1.165) is 35.5 Å². The summed E-state index contributed by atoms with van der Waals surface area (Å²) in [5.74, 6) is 0. The number of hydrogen-bond donors (Lipinski definition) is 0. The first-order valence-corrected chi connectivity index (χ1v) is 8.75. The molecule has 25 heavy (non-hydrogen) atoms. The molecule has 3 nitrogen and oxygen atoms in total. The summed E-state index contributed by atoms with van der Waals surface area (Å²) in [6.07, 6.45) is 6.22. The van der Waals surface area contributed by atoms with E-state index in [1.165, 1.54) is 5.69 Å². The van der Waals surface area contributed by atoms with Crippen LogP contribution in [0.15, 0.2) is 59.5 Å². The van der Waals surface area contributed by atoms with Gasteiger partial charge in [-0.1, -0.05) is 24.3 Å². The van der Waals surface area contributed by atoms with Crippen LogP contribution in [0.25, 0.3) is 23.4 Å². The van der Waals surface area contributed by atoms with Crippen molar-refractivity contribution in [3.05, 3.63) is 76.1 Å². The van der Waals surface area contributed by atoms with E-state index in [1.54, 1.807) is 12.1 Å². The summed E-state index contributed by atoms with van der Waals surface area (Å²) in [6.45, 7) is 6.37. The van der Waals surface area contributed by atoms with E-state index in [1.807, 2.05) is 23.9 Å². The van der Waals surface area contributed by atoms with Gasteiger partial charge in [0.15, 0.2) is 5.43 Å². The van der Waals surface area contributed by atoms with Crippen LogP contribution in [0.4, 0.5) is 5.69 Å². The van der Waals surface area contributed by atoms with Gasteiger partial charge in [0.1, 0.15) is 0 Å². The summed E-state index contributed by atoms with van der Waals surface area (Å²) in [5, 5.41) is 0. The third-order valence-electron chi connectivity index (χ3n) is 4.61. The molecule has 3 heteroatoms. The Labute approximate surface area is 149 Å². The lowest BCUT2D eigenvalue weighted by atomic mass is 10.0. The van der Waals surface area contributed by atoms with Gasteiger partial charge >= 0.3 is 0 Å². The molecule has 1 heterocycles. The van der Waals surface area contributed by atoms with Crippen molar-refractivity contribution in [1.29, 1.82) is 0 Å². The molecule has 128 valence electrons. The van der Waals surface area contributed by atoms with Crippen molar-refractivity contribution in [2.45, 2.75) is 13.8 Å². The fraction of sp³-hybridized carbons (Fsp3) is 0.227. The maximum absolute atomic E-state index is 11.6. The quantitative estimate of drug-likeness (QED) is 0.687. The van der Waals surface area contributed by atoms with Gasteiger partial charge in [-0.2, -0.15) is 0 Å². The van der Waals surface area contributed by atoms with Gasteiger partial charge in [0.25, 0.3) is 0 Å². The van der Waals surface area contributed by atoms with Crippen molar-refractivity contribution in [2.75, 3.05) is 18.0 Å². The number of benzene rings is 2. The average molecular weight is 332 g/mol. The molecule has 0 saturated heterocycles. The average Bonchev–Trinajstić information content (AvgIpc) is 2.63. The van der Waals surface area contributed by atoms with Crippen LogP contribution in [-0.2, 0) is 7.05 Å². The van der Waals surface area contributed by atoms with Crippen LogP contribution in [0.2, 0.25) is 0 Å². The Balaban J connectivity index is 1.89. The zero-order valence-electron chi connectivity index (χ0n) is 15.1. The molecule has 2 aliphatic rings. The molecule has 1 aliphatic carbocycles. The first-order valence-electron chi connectivity index (χ1n) is 8.75. The number of rotatable bonds is 5. The van der Waals surface area contributed by atoms with Crippen LogP contribution in [-0.4, -0.2) is 17.7 Å². The predicted molar refractivity (Wildman–Crippen MR) is 107 cm³/mol. The Morgan fingerprint density at radius 3 is 2.36 bits per heavy atom. The molecule has 0 fully saturated rings. The Morgan fingerprint density at radius 1 is 0.960 bits per heavy atom. The standard InChI is InChI=1S/C22H24N2O/c1-4-24(5-2)19-10-7-17(8-11-19)6-9-18-14-15-23(3)22-16-20(25)12-13-21(18)22/h6-16H,4-5H2,1-3H3/b9-6+. The zero-order chi connectivity index (χ0) is 17.8. The van der Waals surface area contributed by atoms with Crippen molar-refractivity contribution < 1.29 is 0 Å². The maximum Gasteiger partial charge on any atom is 0.180 e. The van der Waals surface area contributed by atoms with Crippen molar-refractivity contribution in [3.63, 3.8) is 0 Å². The number of fused-ring (bicyclic) bond motifs is 1. The van der Waals surface area contributed by atoms with Crippen LogP contribution in [0, 0.1) is 0 Å². The van der Waals surface area contributed by atoms with Gasteiger partial charge in [0.2, 0.25) is 0 Å². The van der Waals surface area contributed by atoms with Crippen LogP contribution in [0.3, 0.4) is 0 Å². The first-order chi connectivity index (χ1) is 12.1. The molecule has 1 aromatic carbocycles. The minimum Gasteiger partial charge on any atom is -0.372 e. The molecule has 1 aromatic rings. The van der Waals surface area contributed by atoms with Crippen molar-refractivity contribution >= 4 is 17.8 Å². The first kappa shape index (κ1) is 17.0. The van der Waals surface area contributed by atoms with Crippen LogP contribution in [0.5, 0.6) is 0 Å². The smallest absolute Gasteiger partial charge is 0.180 e. The Morgan fingerprint density at radius 2 is 1.68 bits per heavy atom. The third-order valence-corrected chi connectivity index (χ3v) is 4.61. The lowest BCUT2D eigenvalue weighted by Gasteiger charge is -2.20. The summed E-state index contributed by atoms with van der Waals surface area (Å²) in [6, 6.07) is 15.9. The molecule has 0 radical (unpaired) electrons. The van der Waals surface area contributed by atoms with Crippen molar-refractivity contribution in [2.24, 2.45) is 7.05 Å². The van der Waals surface area contributed by atoms with E-state index in [2.05, 4.69) is 61.2 Å². The molecule has 1 aliphatic heterocycles. The monoisotopic (exact) mass is 332 g/mol. The van der Waals surface area contributed by atoms with E-state index in [0.29, 0.717) is 0 Å². The fourth-order valence-corrected chi connectivity index (χ4v) is 3.13. The van der Waals surface area contributed by atoms with Crippen LogP contribution in [0.1, 0.15) is 25.0 Å². The van der Waals surface area contributed by atoms with Gasteiger partial charge in [-0.05, 0) is 55.3 Å². The second kappa shape index (κ2) is 7.39. The Kier molecular flexibility index (Phi) is 5.03. The molecule has 0 N–H and O–H groups in total. The van der Waals surface area contributed by atoms with Gasteiger partial charge in [0.05, 0.1) is 5.69 Å². The number of aryl methyl sites for hydroxylation is 1. The topological polar surface area (TPSA) is 25.2 Å². The molecule has 0 atom stereocenters. The molecule has 0 aromatic heterocycles. The molecule has 0 amide bonds. The van der Waals surface area contributed by atoms with Gasteiger partial charge < -0.3 is 9.47 Å². The number of pyridine rings is 1. The molecule has 0 saturated carbocycles. The molecule has 0 bridgehead atoms. The van der Waals surface area contributed by atoms with Crippen LogP contribution >= 0.6 is 0 Å². The van der Waals surface area contributed by atoms with E-state index < -0.39 is 0 Å². The van der Waals surface area contributed by atoms with E-state index >= 15 is 0 Å². The maximum atomic E-state index is 11.6. The normalized spacial score (nSPS) is 11.3. The van der Waals surface area contributed by atoms with Gasteiger partial charge in [0, 0.05) is 43.7 Å². The SMILES string of the molecule is CCN(CC)c1ccc(/C=C/c2ccn(C)c3cc(=O)ccc2-3)cc1. The van der Waals surface area contributed by atoms with Gasteiger partial charge in [-0.25, -0.2) is 0 Å². The highest BCUT2D eigenvalue weighted by Gasteiger charge is 2.08. The molecule has 0 spiro atoms. The number of aromatic nitrogens is 1. The fourth-order valence-electron chi connectivity index (χ4n) is 3.13. The Bertz CT molecular complexity index is 902. The van der Waals surface area contributed by atoms with Crippen molar-refractivity contribution in [3.8, 4) is 11.3 Å². The second-order valence-corrected chi connectivity index (χ2v) is 6.16. The van der Waals surface area contributed by atoms with E-state index in [-0.39, 0.29) is 5.43 Å². The number of nitrogens with zero attached hydrogens (tertiary/aromatic N) is 2. The predicted octanol–water partition coefficient (Wildman–Crippen LogP) is 4.51. The van der Waals surface area contributed by atoms with E-state index in [9.17, 15) is 4.79 Å². The number of hydrogen-bond acceptors (Lipinski definition) is 2. The highest BCUT2D eigenvalue weighted by atomic mass is 16.1. The summed E-state index contributed by atoms with van der Waals surface area (Å²) < 4.78 is 1.98. The summed E-state index contributed by atoms with van der Waals surface area (Å²) in [5.41, 5.74) is 5.60. The largest absolute Gasteiger partial charge is 0.372 e. The Hall–Kier alpha value is -2.81. The van der Waals surface area contributed by atoms with E-state index in [4.69, 9.17) is 0 Å². The summed E-state index contributed by atoms with van der Waals surface area (Å²) >= 11 is 0.